The van der Waals surface area contributed by atoms with E-state index in [4.69, 9.17) is 4.74 Å². The summed E-state index contributed by atoms with van der Waals surface area (Å²) in [5.74, 6) is -0.0955. The Morgan fingerprint density at radius 2 is 1.73 bits per heavy atom. The van der Waals surface area contributed by atoms with E-state index in [1.54, 1.807) is 6.07 Å². The third-order valence-corrected chi connectivity index (χ3v) is 4.61. The van der Waals surface area contributed by atoms with Crippen molar-refractivity contribution < 1.29 is 13.5 Å². The number of thioether (sulfide) groups is 1. The molecule has 0 radical (unpaired) electrons. The molecule has 26 heavy (non-hydrogen) atoms. The normalized spacial score (nSPS) is 10.8. The number of hydrogen-bond acceptors (Lipinski definition) is 4. The van der Waals surface area contributed by atoms with Crippen LogP contribution in [0, 0.1) is 18.6 Å². The molecule has 0 aliphatic heterocycles. The number of aromatic nitrogens is 2. The van der Waals surface area contributed by atoms with Crippen LogP contribution in [0.15, 0.2) is 53.7 Å². The minimum atomic E-state index is -0.852. The Labute approximate surface area is 155 Å². The molecule has 1 heterocycles. The first-order chi connectivity index (χ1) is 12.5. The second-order valence-electron chi connectivity index (χ2n) is 5.79. The molecule has 3 nitrogen and oxygen atoms in total. The van der Waals surface area contributed by atoms with Crippen LogP contribution in [-0.4, -0.2) is 9.97 Å². The number of nitrogens with zero attached hydrogens (tertiary/aromatic N) is 2. The van der Waals surface area contributed by atoms with Gasteiger partial charge in [-0.05, 0) is 43.2 Å². The Morgan fingerprint density at radius 1 is 0.962 bits per heavy atom. The molecule has 0 aliphatic rings. The van der Waals surface area contributed by atoms with Crippen molar-refractivity contribution in [2.45, 2.75) is 31.2 Å². The molecular weight excluding hydrogens is 354 g/mol. The molecule has 3 rings (SSSR count). The minimum absolute atomic E-state index is 0.439. The summed E-state index contributed by atoms with van der Waals surface area (Å²) in [6.07, 6.45) is 0.742. The van der Waals surface area contributed by atoms with Gasteiger partial charge < -0.3 is 4.74 Å². The van der Waals surface area contributed by atoms with E-state index in [2.05, 4.69) is 9.97 Å². The van der Waals surface area contributed by atoms with Gasteiger partial charge in [-0.2, -0.15) is 4.98 Å². The molecule has 0 unspecified atom stereocenters. The molecule has 0 N–H and O–H groups in total. The van der Waals surface area contributed by atoms with Crippen molar-refractivity contribution in [3.8, 4) is 11.6 Å². The van der Waals surface area contributed by atoms with E-state index in [1.807, 2.05) is 44.2 Å². The molecule has 134 valence electrons. The Morgan fingerprint density at radius 3 is 2.42 bits per heavy atom. The van der Waals surface area contributed by atoms with E-state index in [1.165, 1.54) is 17.8 Å². The highest BCUT2D eigenvalue weighted by molar-refractivity contribution is 7.98. The lowest BCUT2D eigenvalue weighted by Crippen LogP contribution is -1.97. The maximum Gasteiger partial charge on any atom is 0.223 e. The summed E-state index contributed by atoms with van der Waals surface area (Å²) in [7, 11) is 0. The highest BCUT2D eigenvalue weighted by Crippen LogP contribution is 2.26. The largest absolute Gasteiger partial charge is 0.439 e. The van der Waals surface area contributed by atoms with E-state index in [9.17, 15) is 8.78 Å². The summed E-state index contributed by atoms with van der Waals surface area (Å²) in [5.41, 5.74) is 2.67. The molecule has 1 aromatic heterocycles. The first kappa shape index (κ1) is 18.3. The van der Waals surface area contributed by atoms with Crippen LogP contribution in [0.2, 0.25) is 0 Å². The van der Waals surface area contributed by atoms with Crippen molar-refractivity contribution in [3.63, 3.8) is 0 Å². The molecule has 0 amide bonds. The van der Waals surface area contributed by atoms with Crippen LogP contribution in [0.25, 0.3) is 0 Å². The second-order valence-corrected chi connectivity index (χ2v) is 6.73. The van der Waals surface area contributed by atoms with Crippen LogP contribution in [0.4, 0.5) is 8.78 Å². The van der Waals surface area contributed by atoms with E-state index < -0.39 is 11.6 Å². The molecule has 0 saturated carbocycles. The van der Waals surface area contributed by atoms with Gasteiger partial charge in [-0.15, -0.1) is 0 Å². The summed E-state index contributed by atoms with van der Waals surface area (Å²) in [6, 6.07) is 13.4. The van der Waals surface area contributed by atoms with Crippen LogP contribution in [0.1, 0.15) is 23.7 Å². The number of aryl methyl sites for hydroxylation is 2. The zero-order valence-corrected chi connectivity index (χ0v) is 15.3. The van der Waals surface area contributed by atoms with Crippen LogP contribution in [0.3, 0.4) is 0 Å². The molecule has 0 fully saturated rings. The standard InChI is InChI=1S/C20H18F2N2OS/c1-3-15-11-19(25-16-7-4-13(2)5-8-16)24-20(23-15)26-12-14-6-9-17(21)18(22)10-14/h4-11H,3,12H2,1-2H3. The predicted molar refractivity (Wildman–Crippen MR) is 98.6 cm³/mol. The Bertz CT molecular complexity index is 901. The topological polar surface area (TPSA) is 35.0 Å². The molecule has 0 bridgehead atoms. The van der Waals surface area contributed by atoms with Crippen LogP contribution >= 0.6 is 11.8 Å². The minimum Gasteiger partial charge on any atom is -0.439 e. The summed E-state index contributed by atoms with van der Waals surface area (Å²) >= 11 is 1.35. The number of halogens is 2. The van der Waals surface area contributed by atoms with Gasteiger partial charge in [0.2, 0.25) is 5.88 Å². The van der Waals surface area contributed by atoms with E-state index in [0.29, 0.717) is 28.1 Å². The summed E-state index contributed by atoms with van der Waals surface area (Å²) in [5, 5.41) is 0.538. The molecule has 0 aliphatic carbocycles. The number of hydrogen-bond donors (Lipinski definition) is 0. The quantitative estimate of drug-likeness (QED) is 0.410. The third kappa shape index (κ3) is 4.79. The Balaban J connectivity index is 1.76. The maximum atomic E-state index is 13.3. The average Bonchev–Trinajstić information content (AvgIpc) is 2.64. The first-order valence-electron chi connectivity index (χ1n) is 8.22. The summed E-state index contributed by atoms with van der Waals surface area (Å²) < 4.78 is 32.2. The van der Waals surface area contributed by atoms with Crippen molar-refractivity contribution in [2.75, 3.05) is 0 Å². The van der Waals surface area contributed by atoms with E-state index in [-0.39, 0.29) is 0 Å². The van der Waals surface area contributed by atoms with Gasteiger partial charge in [-0.3, -0.25) is 0 Å². The highest BCUT2D eigenvalue weighted by atomic mass is 32.2. The lowest BCUT2D eigenvalue weighted by atomic mass is 10.2. The first-order valence-corrected chi connectivity index (χ1v) is 9.21. The van der Waals surface area contributed by atoms with E-state index in [0.717, 1.165) is 23.7 Å². The lowest BCUT2D eigenvalue weighted by molar-refractivity contribution is 0.454. The van der Waals surface area contributed by atoms with Crippen molar-refractivity contribution >= 4 is 11.8 Å². The monoisotopic (exact) mass is 372 g/mol. The molecule has 3 aromatic rings. The molecule has 0 atom stereocenters. The summed E-state index contributed by atoms with van der Waals surface area (Å²) in [4.78, 5) is 8.88. The number of ether oxygens (including phenoxy) is 1. The maximum absolute atomic E-state index is 13.3. The molecule has 0 spiro atoms. The van der Waals surface area contributed by atoms with Crippen molar-refractivity contribution in [1.82, 2.24) is 9.97 Å². The van der Waals surface area contributed by atoms with Crippen molar-refractivity contribution in [2.24, 2.45) is 0 Å². The Hall–Kier alpha value is -2.47. The zero-order chi connectivity index (χ0) is 18.5. The zero-order valence-electron chi connectivity index (χ0n) is 14.5. The van der Waals surface area contributed by atoms with Gasteiger partial charge in [0, 0.05) is 17.5 Å². The Kier molecular flexibility index (Phi) is 5.83. The van der Waals surface area contributed by atoms with Gasteiger partial charge in [-0.1, -0.05) is 42.4 Å². The highest BCUT2D eigenvalue weighted by Gasteiger charge is 2.09. The molecule has 2 aromatic carbocycles. The van der Waals surface area contributed by atoms with Gasteiger partial charge in [0.25, 0.3) is 0 Å². The fourth-order valence-electron chi connectivity index (χ4n) is 2.25. The van der Waals surface area contributed by atoms with Crippen LogP contribution < -0.4 is 4.74 Å². The van der Waals surface area contributed by atoms with E-state index >= 15 is 0 Å². The van der Waals surface area contributed by atoms with Gasteiger partial charge >= 0.3 is 0 Å². The summed E-state index contributed by atoms with van der Waals surface area (Å²) in [6.45, 7) is 4.01. The third-order valence-electron chi connectivity index (χ3n) is 3.69. The van der Waals surface area contributed by atoms with Gasteiger partial charge in [0.1, 0.15) is 5.75 Å². The van der Waals surface area contributed by atoms with Crippen LogP contribution in [-0.2, 0) is 12.2 Å². The number of rotatable bonds is 6. The average molecular weight is 372 g/mol. The smallest absolute Gasteiger partial charge is 0.223 e. The number of benzene rings is 2. The van der Waals surface area contributed by atoms with Gasteiger partial charge in [0.15, 0.2) is 16.8 Å². The molecular formula is C20H18F2N2OS. The SMILES string of the molecule is CCc1cc(Oc2ccc(C)cc2)nc(SCc2ccc(F)c(F)c2)n1. The van der Waals surface area contributed by atoms with Crippen LogP contribution in [0.5, 0.6) is 11.6 Å². The van der Waals surface area contributed by atoms with Gasteiger partial charge in [-0.25, -0.2) is 13.8 Å². The van der Waals surface area contributed by atoms with Gasteiger partial charge in [0.05, 0.1) is 0 Å². The molecule has 6 heteroatoms. The fourth-order valence-corrected chi connectivity index (χ4v) is 3.06. The second kappa shape index (κ2) is 8.27. The fraction of sp³-hybridized carbons (Fsp3) is 0.200. The molecule has 0 saturated heterocycles. The van der Waals surface area contributed by atoms with Crippen molar-refractivity contribution in [1.29, 1.82) is 0 Å². The van der Waals surface area contributed by atoms with Crippen molar-refractivity contribution in [3.05, 3.63) is 77.0 Å². The predicted octanol–water partition coefficient (Wildman–Crippen LogP) is 5.71. The lowest BCUT2D eigenvalue weighted by Gasteiger charge is -2.09.